The molecule has 1 unspecified atom stereocenters. The number of hydrogen-bond donors (Lipinski definition) is 1. The van der Waals surface area contributed by atoms with Gasteiger partial charge in [-0.2, -0.15) is 0 Å². The molecule has 0 aromatic rings. The van der Waals surface area contributed by atoms with E-state index in [2.05, 4.69) is 19.2 Å². The summed E-state index contributed by atoms with van der Waals surface area (Å²) in [7, 11) is 1.83. The van der Waals surface area contributed by atoms with Gasteiger partial charge in [-0.25, -0.2) is 0 Å². The summed E-state index contributed by atoms with van der Waals surface area (Å²) in [4.78, 5) is 0. The summed E-state index contributed by atoms with van der Waals surface area (Å²) in [6, 6.07) is 0.665. The Hall–Kier alpha value is -0.0800. The van der Waals surface area contributed by atoms with Gasteiger partial charge in [0.1, 0.15) is 0 Å². The average Bonchev–Trinajstić information content (AvgIpc) is 2.37. The molecule has 0 amide bonds. The second-order valence-corrected chi connectivity index (χ2v) is 5.82. The van der Waals surface area contributed by atoms with Crippen molar-refractivity contribution >= 4 is 0 Å². The van der Waals surface area contributed by atoms with Crippen LogP contribution >= 0.6 is 0 Å². The van der Waals surface area contributed by atoms with Crippen LogP contribution in [-0.2, 0) is 4.74 Å². The van der Waals surface area contributed by atoms with Crippen LogP contribution in [0.15, 0.2) is 0 Å². The first kappa shape index (κ1) is 15.0. The van der Waals surface area contributed by atoms with Crippen molar-refractivity contribution in [1.29, 1.82) is 0 Å². The van der Waals surface area contributed by atoms with E-state index >= 15 is 0 Å². The Morgan fingerprint density at radius 2 is 1.88 bits per heavy atom. The zero-order valence-corrected chi connectivity index (χ0v) is 12.1. The lowest BCUT2D eigenvalue weighted by Crippen LogP contribution is -2.33. The fraction of sp³-hybridized carbons (Fsp3) is 1.00. The topological polar surface area (TPSA) is 21.3 Å². The molecule has 0 aliphatic heterocycles. The molecule has 2 nitrogen and oxygen atoms in total. The van der Waals surface area contributed by atoms with Crippen LogP contribution in [0.4, 0.5) is 0 Å². The molecule has 1 aliphatic rings. The van der Waals surface area contributed by atoms with Crippen molar-refractivity contribution in [2.45, 2.75) is 71.3 Å². The molecule has 1 saturated carbocycles. The van der Waals surface area contributed by atoms with Crippen molar-refractivity contribution in [3.8, 4) is 0 Å². The zero-order valence-electron chi connectivity index (χ0n) is 12.1. The summed E-state index contributed by atoms with van der Waals surface area (Å²) in [5.41, 5.74) is 0.578. The number of methoxy groups -OCH3 is 1. The van der Waals surface area contributed by atoms with Crippen LogP contribution in [0, 0.1) is 5.41 Å². The quantitative estimate of drug-likeness (QED) is 0.699. The standard InChI is InChI=1S/C15H31NO/c1-4-14(2)16-12-10-15(11-13-17-3)8-6-5-7-9-15/h14,16H,4-13H2,1-3H3. The molecule has 2 heteroatoms. The fourth-order valence-corrected chi connectivity index (χ4v) is 2.97. The summed E-state index contributed by atoms with van der Waals surface area (Å²) in [5.74, 6) is 0. The molecule has 102 valence electrons. The Bertz CT molecular complexity index is 187. The van der Waals surface area contributed by atoms with E-state index < -0.39 is 0 Å². The van der Waals surface area contributed by atoms with Crippen LogP contribution in [0.3, 0.4) is 0 Å². The minimum Gasteiger partial charge on any atom is -0.385 e. The third-order valence-electron chi connectivity index (χ3n) is 4.51. The smallest absolute Gasteiger partial charge is 0.0467 e. The first-order chi connectivity index (χ1) is 8.22. The predicted octanol–water partition coefficient (Wildman–Crippen LogP) is 3.75. The summed E-state index contributed by atoms with van der Waals surface area (Å²) < 4.78 is 5.30. The molecule has 0 spiro atoms. The maximum absolute atomic E-state index is 5.30. The molecule has 17 heavy (non-hydrogen) atoms. The van der Waals surface area contributed by atoms with Gasteiger partial charge in [-0.15, -0.1) is 0 Å². The SMILES string of the molecule is CCC(C)NCCC1(CCOC)CCCCC1. The van der Waals surface area contributed by atoms with Gasteiger partial charge in [-0.05, 0) is 51.0 Å². The molecule has 1 atom stereocenters. The van der Waals surface area contributed by atoms with E-state index in [4.69, 9.17) is 4.74 Å². The number of hydrogen-bond acceptors (Lipinski definition) is 2. The van der Waals surface area contributed by atoms with Crippen molar-refractivity contribution in [1.82, 2.24) is 5.32 Å². The van der Waals surface area contributed by atoms with E-state index in [0.29, 0.717) is 11.5 Å². The normalized spacial score (nSPS) is 21.4. The molecular weight excluding hydrogens is 210 g/mol. The summed E-state index contributed by atoms with van der Waals surface area (Å²) in [5, 5.41) is 3.64. The molecule has 1 rings (SSSR count). The van der Waals surface area contributed by atoms with Crippen LogP contribution in [0.2, 0.25) is 0 Å². The Morgan fingerprint density at radius 3 is 2.47 bits per heavy atom. The van der Waals surface area contributed by atoms with E-state index in [0.717, 1.165) is 6.61 Å². The lowest BCUT2D eigenvalue weighted by molar-refractivity contribution is 0.0939. The van der Waals surface area contributed by atoms with Gasteiger partial charge >= 0.3 is 0 Å². The zero-order chi connectivity index (χ0) is 12.6. The van der Waals surface area contributed by atoms with Gasteiger partial charge in [0.05, 0.1) is 0 Å². The average molecular weight is 241 g/mol. The highest BCUT2D eigenvalue weighted by Gasteiger charge is 2.31. The van der Waals surface area contributed by atoms with Gasteiger partial charge in [0.2, 0.25) is 0 Å². The highest BCUT2D eigenvalue weighted by molar-refractivity contribution is 4.83. The van der Waals surface area contributed by atoms with E-state index in [9.17, 15) is 0 Å². The molecule has 0 radical (unpaired) electrons. The summed E-state index contributed by atoms with van der Waals surface area (Å²) in [6.07, 6.45) is 10.9. The fourth-order valence-electron chi connectivity index (χ4n) is 2.97. The first-order valence-corrected chi connectivity index (χ1v) is 7.45. The Balaban J connectivity index is 2.34. The van der Waals surface area contributed by atoms with E-state index in [1.807, 2.05) is 7.11 Å². The van der Waals surface area contributed by atoms with Gasteiger partial charge < -0.3 is 10.1 Å². The van der Waals surface area contributed by atoms with Crippen LogP contribution in [-0.4, -0.2) is 26.3 Å². The molecule has 0 aromatic heterocycles. The molecule has 1 fully saturated rings. The molecule has 1 aliphatic carbocycles. The van der Waals surface area contributed by atoms with Crippen LogP contribution < -0.4 is 5.32 Å². The van der Waals surface area contributed by atoms with Gasteiger partial charge in [-0.1, -0.05) is 26.2 Å². The van der Waals surface area contributed by atoms with Crippen LogP contribution in [0.5, 0.6) is 0 Å². The third-order valence-corrected chi connectivity index (χ3v) is 4.51. The molecule has 0 bridgehead atoms. The predicted molar refractivity (Wildman–Crippen MR) is 74.4 cm³/mol. The second-order valence-electron chi connectivity index (χ2n) is 5.82. The minimum atomic E-state index is 0.578. The third kappa shape index (κ3) is 5.39. The lowest BCUT2D eigenvalue weighted by atomic mass is 9.70. The van der Waals surface area contributed by atoms with E-state index in [1.54, 1.807) is 0 Å². The number of ether oxygens (including phenoxy) is 1. The molecule has 0 heterocycles. The Morgan fingerprint density at radius 1 is 1.18 bits per heavy atom. The second kappa shape index (κ2) is 8.10. The van der Waals surface area contributed by atoms with Gasteiger partial charge in [0.25, 0.3) is 0 Å². The van der Waals surface area contributed by atoms with E-state index in [1.165, 1.54) is 57.9 Å². The molecular formula is C15H31NO. The maximum Gasteiger partial charge on any atom is 0.0467 e. The van der Waals surface area contributed by atoms with Crippen molar-refractivity contribution in [3.63, 3.8) is 0 Å². The van der Waals surface area contributed by atoms with Crippen molar-refractivity contribution in [2.75, 3.05) is 20.3 Å². The molecule has 0 saturated heterocycles. The highest BCUT2D eigenvalue weighted by Crippen LogP contribution is 2.41. The maximum atomic E-state index is 5.30. The van der Waals surface area contributed by atoms with E-state index in [-0.39, 0.29) is 0 Å². The first-order valence-electron chi connectivity index (χ1n) is 7.45. The minimum absolute atomic E-state index is 0.578. The molecule has 1 N–H and O–H groups in total. The Kier molecular flexibility index (Phi) is 7.14. The summed E-state index contributed by atoms with van der Waals surface area (Å²) >= 11 is 0. The summed E-state index contributed by atoms with van der Waals surface area (Å²) in [6.45, 7) is 6.64. The van der Waals surface area contributed by atoms with Crippen LogP contribution in [0.1, 0.15) is 65.2 Å². The van der Waals surface area contributed by atoms with Gasteiger partial charge in [0, 0.05) is 19.8 Å². The monoisotopic (exact) mass is 241 g/mol. The number of rotatable bonds is 8. The largest absolute Gasteiger partial charge is 0.385 e. The van der Waals surface area contributed by atoms with Crippen LogP contribution in [0.25, 0.3) is 0 Å². The highest BCUT2D eigenvalue weighted by atomic mass is 16.5. The van der Waals surface area contributed by atoms with Crippen molar-refractivity contribution < 1.29 is 4.74 Å². The Labute approximate surface area is 108 Å². The lowest BCUT2D eigenvalue weighted by Gasteiger charge is -2.38. The molecule has 0 aromatic carbocycles. The number of nitrogens with one attached hydrogen (secondary N) is 1. The van der Waals surface area contributed by atoms with Crippen molar-refractivity contribution in [2.24, 2.45) is 5.41 Å². The van der Waals surface area contributed by atoms with Gasteiger partial charge in [-0.3, -0.25) is 0 Å². The van der Waals surface area contributed by atoms with Crippen molar-refractivity contribution in [3.05, 3.63) is 0 Å². The van der Waals surface area contributed by atoms with Gasteiger partial charge in [0.15, 0.2) is 0 Å².